The van der Waals surface area contributed by atoms with Crippen LogP contribution in [0.2, 0.25) is 0 Å². The van der Waals surface area contributed by atoms with Crippen LogP contribution >= 0.6 is 0 Å². The van der Waals surface area contributed by atoms with Gasteiger partial charge < -0.3 is 15.3 Å². The summed E-state index contributed by atoms with van der Waals surface area (Å²) in [5, 5.41) is 7.09. The SMILES string of the molecule is Cc1nc(NN)c(C)c(NCc2cc(C)on2)n1. The standard InChI is InChI=1S/C11H16N6O/c1-6-4-9(17-18-6)5-13-10-7(2)11(16-12)15-8(3)14-10/h4H,5,12H2,1-3H3,(H2,13,14,15,16). The fourth-order valence-corrected chi connectivity index (χ4v) is 1.62. The van der Waals surface area contributed by atoms with Gasteiger partial charge in [-0.25, -0.2) is 15.8 Å². The zero-order valence-electron chi connectivity index (χ0n) is 10.6. The largest absolute Gasteiger partial charge is 0.364 e. The van der Waals surface area contributed by atoms with Crippen LogP contribution in [0, 0.1) is 20.8 Å². The molecule has 7 nitrogen and oxygen atoms in total. The first kappa shape index (κ1) is 12.3. The summed E-state index contributed by atoms with van der Waals surface area (Å²) in [4.78, 5) is 8.52. The van der Waals surface area contributed by atoms with Gasteiger partial charge >= 0.3 is 0 Å². The first-order chi connectivity index (χ1) is 8.60. The minimum Gasteiger partial charge on any atom is -0.364 e. The molecule has 0 aliphatic rings. The van der Waals surface area contributed by atoms with E-state index in [-0.39, 0.29) is 0 Å². The second-order valence-corrected chi connectivity index (χ2v) is 4.02. The number of rotatable bonds is 4. The van der Waals surface area contributed by atoms with Crippen molar-refractivity contribution in [1.29, 1.82) is 0 Å². The van der Waals surface area contributed by atoms with E-state index < -0.39 is 0 Å². The zero-order valence-corrected chi connectivity index (χ0v) is 10.6. The Labute approximate surface area is 105 Å². The average molecular weight is 248 g/mol. The minimum absolute atomic E-state index is 0.540. The lowest BCUT2D eigenvalue weighted by atomic mass is 10.3. The highest BCUT2D eigenvalue weighted by atomic mass is 16.5. The zero-order chi connectivity index (χ0) is 13.1. The molecule has 4 N–H and O–H groups in total. The molecule has 2 heterocycles. The molecule has 2 aromatic heterocycles. The number of nitrogens with zero attached hydrogens (tertiary/aromatic N) is 3. The van der Waals surface area contributed by atoms with Crippen molar-refractivity contribution in [2.45, 2.75) is 27.3 Å². The van der Waals surface area contributed by atoms with Gasteiger partial charge in [0.15, 0.2) is 0 Å². The average Bonchev–Trinajstić information content (AvgIpc) is 2.75. The van der Waals surface area contributed by atoms with Gasteiger partial charge in [0, 0.05) is 11.6 Å². The van der Waals surface area contributed by atoms with Gasteiger partial charge in [-0.3, -0.25) is 0 Å². The van der Waals surface area contributed by atoms with Gasteiger partial charge in [-0.1, -0.05) is 5.16 Å². The number of nitrogens with one attached hydrogen (secondary N) is 2. The first-order valence-corrected chi connectivity index (χ1v) is 5.58. The summed E-state index contributed by atoms with van der Waals surface area (Å²) < 4.78 is 5.00. The number of nitrogen functional groups attached to an aromatic ring is 1. The Kier molecular flexibility index (Phi) is 3.42. The number of anilines is 2. The molecule has 96 valence electrons. The molecule has 2 aromatic rings. The summed E-state index contributed by atoms with van der Waals surface area (Å²) in [6, 6.07) is 1.87. The fraction of sp³-hybridized carbons (Fsp3) is 0.364. The molecule has 0 saturated heterocycles. The van der Waals surface area contributed by atoms with Gasteiger partial charge in [0.25, 0.3) is 0 Å². The van der Waals surface area contributed by atoms with Crippen LogP contribution in [-0.2, 0) is 6.54 Å². The molecule has 0 aliphatic heterocycles. The van der Waals surface area contributed by atoms with Crippen molar-refractivity contribution < 1.29 is 4.52 Å². The fourth-order valence-electron chi connectivity index (χ4n) is 1.62. The molecule has 0 saturated carbocycles. The van der Waals surface area contributed by atoms with Gasteiger partial charge in [-0.15, -0.1) is 0 Å². The molecule has 0 fully saturated rings. The number of hydrazine groups is 1. The van der Waals surface area contributed by atoms with Crippen molar-refractivity contribution in [3.8, 4) is 0 Å². The third kappa shape index (κ3) is 2.57. The lowest BCUT2D eigenvalue weighted by molar-refractivity contribution is 0.391. The molecule has 18 heavy (non-hydrogen) atoms. The molecule has 0 radical (unpaired) electrons. The van der Waals surface area contributed by atoms with E-state index >= 15 is 0 Å². The van der Waals surface area contributed by atoms with E-state index in [1.807, 2.05) is 26.8 Å². The second-order valence-electron chi connectivity index (χ2n) is 4.02. The topological polar surface area (TPSA) is 102 Å². The highest BCUT2D eigenvalue weighted by molar-refractivity contribution is 5.56. The normalized spacial score (nSPS) is 10.4. The molecular formula is C11H16N6O. The smallest absolute Gasteiger partial charge is 0.148 e. The van der Waals surface area contributed by atoms with Crippen molar-refractivity contribution in [2.24, 2.45) is 5.84 Å². The Morgan fingerprint density at radius 1 is 1.22 bits per heavy atom. The van der Waals surface area contributed by atoms with Crippen LogP contribution in [0.25, 0.3) is 0 Å². The molecule has 0 aliphatic carbocycles. The number of hydrogen-bond donors (Lipinski definition) is 3. The van der Waals surface area contributed by atoms with Crippen LogP contribution in [0.5, 0.6) is 0 Å². The van der Waals surface area contributed by atoms with Crippen molar-refractivity contribution in [1.82, 2.24) is 15.1 Å². The highest BCUT2D eigenvalue weighted by Gasteiger charge is 2.08. The van der Waals surface area contributed by atoms with E-state index in [9.17, 15) is 0 Å². The minimum atomic E-state index is 0.540. The van der Waals surface area contributed by atoms with Gasteiger partial charge in [0.05, 0.1) is 6.54 Å². The van der Waals surface area contributed by atoms with Gasteiger partial charge in [-0.05, 0) is 20.8 Å². The van der Waals surface area contributed by atoms with Gasteiger partial charge in [0.1, 0.15) is 28.9 Å². The predicted octanol–water partition coefficient (Wildman–Crippen LogP) is 1.29. The van der Waals surface area contributed by atoms with Crippen LogP contribution in [0.1, 0.15) is 22.8 Å². The van der Waals surface area contributed by atoms with Crippen LogP contribution in [0.4, 0.5) is 11.6 Å². The third-order valence-corrected chi connectivity index (χ3v) is 2.51. The van der Waals surface area contributed by atoms with Crippen molar-refractivity contribution in [2.75, 3.05) is 10.7 Å². The maximum Gasteiger partial charge on any atom is 0.148 e. The third-order valence-electron chi connectivity index (χ3n) is 2.51. The molecule has 2 rings (SSSR count). The first-order valence-electron chi connectivity index (χ1n) is 5.58. The summed E-state index contributed by atoms with van der Waals surface area (Å²) in [5.74, 6) is 8.18. The monoisotopic (exact) mass is 248 g/mol. The van der Waals surface area contributed by atoms with Crippen LogP contribution < -0.4 is 16.6 Å². The maximum atomic E-state index is 5.40. The van der Waals surface area contributed by atoms with Crippen molar-refractivity contribution in [3.05, 3.63) is 28.9 Å². The summed E-state index contributed by atoms with van der Waals surface area (Å²) >= 11 is 0. The van der Waals surface area contributed by atoms with E-state index in [1.165, 1.54) is 0 Å². The molecule has 7 heteroatoms. The van der Waals surface area contributed by atoms with E-state index in [4.69, 9.17) is 10.4 Å². The van der Waals surface area contributed by atoms with Crippen LogP contribution in [-0.4, -0.2) is 15.1 Å². The quantitative estimate of drug-likeness (QED) is 0.553. The van der Waals surface area contributed by atoms with E-state index in [1.54, 1.807) is 0 Å². The van der Waals surface area contributed by atoms with Crippen LogP contribution in [0.15, 0.2) is 10.6 Å². The lowest BCUT2D eigenvalue weighted by Crippen LogP contribution is -2.14. The Hall–Kier alpha value is -2.15. The summed E-state index contributed by atoms with van der Waals surface area (Å²) in [5.41, 5.74) is 4.24. The Morgan fingerprint density at radius 2 is 1.94 bits per heavy atom. The second kappa shape index (κ2) is 5.01. The van der Waals surface area contributed by atoms with E-state index in [2.05, 4.69) is 25.9 Å². The molecular weight excluding hydrogens is 232 g/mol. The number of aryl methyl sites for hydroxylation is 2. The van der Waals surface area contributed by atoms with Crippen molar-refractivity contribution in [3.63, 3.8) is 0 Å². The van der Waals surface area contributed by atoms with E-state index in [0.29, 0.717) is 18.2 Å². The molecule has 0 atom stereocenters. The Balaban J connectivity index is 2.16. The lowest BCUT2D eigenvalue weighted by Gasteiger charge is -2.11. The maximum absolute atomic E-state index is 5.40. The summed E-state index contributed by atoms with van der Waals surface area (Å²) in [7, 11) is 0. The molecule has 0 spiro atoms. The molecule has 0 unspecified atom stereocenters. The molecule has 0 bridgehead atoms. The predicted molar refractivity (Wildman–Crippen MR) is 67.9 cm³/mol. The van der Waals surface area contributed by atoms with Crippen LogP contribution in [0.3, 0.4) is 0 Å². The van der Waals surface area contributed by atoms with E-state index in [0.717, 1.165) is 22.8 Å². The van der Waals surface area contributed by atoms with Gasteiger partial charge in [-0.2, -0.15) is 0 Å². The summed E-state index contributed by atoms with van der Waals surface area (Å²) in [6.45, 7) is 6.10. The number of hydrogen-bond acceptors (Lipinski definition) is 7. The summed E-state index contributed by atoms with van der Waals surface area (Å²) in [6.07, 6.45) is 0. The van der Waals surface area contributed by atoms with Crippen molar-refractivity contribution >= 4 is 11.6 Å². The van der Waals surface area contributed by atoms with Gasteiger partial charge in [0.2, 0.25) is 0 Å². The highest BCUT2D eigenvalue weighted by Crippen LogP contribution is 2.19. The number of nitrogens with two attached hydrogens (primary N) is 1. The Bertz CT molecular complexity index is 550. The molecule has 0 aromatic carbocycles. The molecule has 0 amide bonds. The number of aromatic nitrogens is 3. The Morgan fingerprint density at radius 3 is 2.56 bits per heavy atom.